The van der Waals surface area contributed by atoms with Crippen LogP contribution in [-0.4, -0.2) is 29.8 Å². The maximum Gasteiger partial charge on any atom is 0.0623 e. The van der Waals surface area contributed by atoms with E-state index in [1.54, 1.807) is 6.20 Å². The van der Waals surface area contributed by atoms with Crippen LogP contribution >= 0.6 is 11.6 Å². The Balaban J connectivity index is 1.71. The summed E-state index contributed by atoms with van der Waals surface area (Å²) in [5.41, 5.74) is 1.19. The lowest BCUT2D eigenvalue weighted by atomic mass is 9.81. The number of ether oxygens (including phenoxy) is 1. The number of nitrogens with zero attached hydrogens (tertiary/aromatic N) is 1. The first-order valence-electron chi connectivity index (χ1n) is 7.75. The number of hydrogen-bond donors (Lipinski definition) is 1. The average Bonchev–Trinajstić information content (AvgIpc) is 3.08. The Morgan fingerprint density at radius 2 is 2.40 bits per heavy atom. The summed E-state index contributed by atoms with van der Waals surface area (Å²) in [7, 11) is 0. The van der Waals surface area contributed by atoms with Crippen molar-refractivity contribution in [2.45, 2.75) is 57.3 Å². The van der Waals surface area contributed by atoms with Gasteiger partial charge in [0.1, 0.15) is 0 Å². The molecule has 0 aliphatic carbocycles. The van der Waals surface area contributed by atoms with Gasteiger partial charge in [-0.1, -0.05) is 18.5 Å². The number of hydrogen-bond acceptors (Lipinski definition) is 3. The monoisotopic (exact) mass is 294 g/mol. The van der Waals surface area contributed by atoms with Crippen LogP contribution in [0.3, 0.4) is 0 Å². The highest BCUT2D eigenvalue weighted by atomic mass is 35.5. The molecule has 4 heteroatoms. The predicted octanol–water partition coefficient (Wildman–Crippen LogP) is 3.21. The summed E-state index contributed by atoms with van der Waals surface area (Å²) in [4.78, 5) is 4.07. The summed E-state index contributed by atoms with van der Waals surface area (Å²) in [5.74, 6) is 0.629. The molecule has 2 bridgehead atoms. The number of nitrogens with one attached hydrogen (secondary N) is 1. The van der Waals surface area contributed by atoms with E-state index >= 15 is 0 Å². The molecule has 2 aliphatic rings. The van der Waals surface area contributed by atoms with Gasteiger partial charge in [-0.15, -0.1) is 0 Å². The van der Waals surface area contributed by atoms with Crippen molar-refractivity contribution in [2.24, 2.45) is 5.92 Å². The van der Waals surface area contributed by atoms with Gasteiger partial charge in [0.25, 0.3) is 0 Å². The molecule has 0 spiro atoms. The summed E-state index contributed by atoms with van der Waals surface area (Å²) in [6, 6.07) is 2.50. The summed E-state index contributed by atoms with van der Waals surface area (Å²) in [6.07, 6.45) is 10.3. The zero-order valence-electron chi connectivity index (χ0n) is 12.0. The third kappa shape index (κ3) is 3.00. The maximum atomic E-state index is 6.27. The highest BCUT2D eigenvalue weighted by Crippen LogP contribution is 2.41. The first-order chi connectivity index (χ1) is 9.78. The van der Waals surface area contributed by atoms with Crippen LogP contribution in [0.2, 0.25) is 5.02 Å². The minimum atomic E-state index is 0.454. The van der Waals surface area contributed by atoms with E-state index in [1.807, 2.05) is 12.3 Å². The molecule has 2 saturated heterocycles. The first-order valence-corrected chi connectivity index (χ1v) is 8.13. The summed E-state index contributed by atoms with van der Waals surface area (Å²) in [5, 5.41) is 4.49. The normalized spacial score (nSPS) is 29.8. The zero-order valence-corrected chi connectivity index (χ0v) is 12.8. The minimum Gasteiger partial charge on any atom is -0.375 e. The van der Waals surface area contributed by atoms with Gasteiger partial charge in [-0.3, -0.25) is 4.98 Å². The fourth-order valence-corrected chi connectivity index (χ4v) is 3.81. The Morgan fingerprint density at radius 3 is 3.05 bits per heavy atom. The summed E-state index contributed by atoms with van der Waals surface area (Å²) >= 11 is 6.27. The molecule has 3 rings (SSSR count). The molecule has 3 heterocycles. The molecule has 4 unspecified atom stereocenters. The lowest BCUT2D eigenvalue weighted by molar-refractivity contribution is 0.0857. The van der Waals surface area contributed by atoms with Gasteiger partial charge in [-0.25, -0.2) is 0 Å². The van der Waals surface area contributed by atoms with Gasteiger partial charge in [0.15, 0.2) is 0 Å². The van der Waals surface area contributed by atoms with Gasteiger partial charge in [-0.2, -0.15) is 0 Å². The highest BCUT2D eigenvalue weighted by Gasteiger charge is 2.44. The van der Waals surface area contributed by atoms with Crippen molar-refractivity contribution < 1.29 is 4.74 Å². The maximum absolute atomic E-state index is 6.27. The van der Waals surface area contributed by atoms with E-state index in [1.165, 1.54) is 24.8 Å². The second-order valence-electron chi connectivity index (χ2n) is 6.01. The molecule has 1 N–H and O–H groups in total. The fourth-order valence-electron chi connectivity index (χ4n) is 3.61. The van der Waals surface area contributed by atoms with Crippen molar-refractivity contribution >= 4 is 11.6 Å². The smallest absolute Gasteiger partial charge is 0.0623 e. The third-order valence-electron chi connectivity index (χ3n) is 4.62. The Labute approximate surface area is 126 Å². The van der Waals surface area contributed by atoms with E-state index in [-0.39, 0.29) is 0 Å². The van der Waals surface area contributed by atoms with Crippen molar-refractivity contribution in [3.63, 3.8) is 0 Å². The van der Waals surface area contributed by atoms with Crippen LogP contribution in [0, 0.1) is 5.92 Å². The topological polar surface area (TPSA) is 34.2 Å². The first kappa shape index (κ1) is 14.3. The zero-order chi connectivity index (χ0) is 13.9. The lowest BCUT2D eigenvalue weighted by Crippen LogP contribution is -2.42. The van der Waals surface area contributed by atoms with Crippen LogP contribution in [-0.2, 0) is 11.2 Å². The number of rotatable bonds is 6. The Bertz CT molecular complexity index is 454. The van der Waals surface area contributed by atoms with E-state index in [4.69, 9.17) is 16.3 Å². The molecule has 1 aromatic rings. The number of pyridine rings is 1. The second kappa shape index (κ2) is 6.42. The number of halogens is 1. The molecular formula is C16H23ClN2O. The van der Waals surface area contributed by atoms with Gasteiger partial charge in [-0.05, 0) is 50.3 Å². The van der Waals surface area contributed by atoms with E-state index in [2.05, 4.69) is 17.2 Å². The highest BCUT2D eigenvalue weighted by molar-refractivity contribution is 6.31. The molecule has 2 aliphatic heterocycles. The fraction of sp³-hybridized carbons (Fsp3) is 0.688. The van der Waals surface area contributed by atoms with E-state index in [0.717, 1.165) is 24.4 Å². The van der Waals surface area contributed by atoms with Crippen LogP contribution in [0.4, 0.5) is 0 Å². The molecule has 0 radical (unpaired) electrons. The van der Waals surface area contributed by atoms with Gasteiger partial charge < -0.3 is 10.1 Å². The van der Waals surface area contributed by atoms with Gasteiger partial charge in [0.05, 0.1) is 17.2 Å². The third-order valence-corrected chi connectivity index (χ3v) is 4.96. The van der Waals surface area contributed by atoms with Crippen LogP contribution in [0.15, 0.2) is 18.5 Å². The van der Waals surface area contributed by atoms with Crippen LogP contribution in [0.5, 0.6) is 0 Å². The molecule has 0 aromatic carbocycles. The molecule has 4 atom stereocenters. The summed E-state index contributed by atoms with van der Waals surface area (Å²) < 4.78 is 6.03. The standard InChI is InChI=1S/C16H23ClN2O/c1-2-6-19-15(8-11-5-7-18-10-14(11)17)13-9-12-3-4-16(13)20-12/h5,7,10,12-13,15-16,19H,2-4,6,8-9H2,1H3. The van der Waals surface area contributed by atoms with Crippen molar-refractivity contribution in [1.82, 2.24) is 10.3 Å². The Kier molecular flexibility index (Phi) is 4.59. The molecular weight excluding hydrogens is 272 g/mol. The van der Waals surface area contributed by atoms with Crippen LogP contribution in [0.1, 0.15) is 38.2 Å². The van der Waals surface area contributed by atoms with Crippen molar-refractivity contribution in [3.8, 4) is 0 Å². The Hall–Kier alpha value is -0.640. The molecule has 20 heavy (non-hydrogen) atoms. The molecule has 110 valence electrons. The van der Waals surface area contributed by atoms with Crippen molar-refractivity contribution in [2.75, 3.05) is 6.54 Å². The molecule has 0 saturated carbocycles. The lowest BCUT2D eigenvalue weighted by Gasteiger charge is -2.29. The van der Waals surface area contributed by atoms with Crippen molar-refractivity contribution in [1.29, 1.82) is 0 Å². The Morgan fingerprint density at radius 1 is 1.50 bits per heavy atom. The average molecular weight is 295 g/mol. The molecule has 1 aromatic heterocycles. The quantitative estimate of drug-likeness (QED) is 0.875. The van der Waals surface area contributed by atoms with E-state index < -0.39 is 0 Å². The molecule has 3 nitrogen and oxygen atoms in total. The second-order valence-corrected chi connectivity index (χ2v) is 6.41. The van der Waals surface area contributed by atoms with Gasteiger partial charge >= 0.3 is 0 Å². The van der Waals surface area contributed by atoms with Gasteiger partial charge in [0.2, 0.25) is 0 Å². The predicted molar refractivity (Wildman–Crippen MR) is 81.0 cm³/mol. The summed E-state index contributed by atoms with van der Waals surface area (Å²) in [6.45, 7) is 3.27. The van der Waals surface area contributed by atoms with Crippen LogP contribution < -0.4 is 5.32 Å². The van der Waals surface area contributed by atoms with Crippen molar-refractivity contribution in [3.05, 3.63) is 29.0 Å². The largest absolute Gasteiger partial charge is 0.375 e. The molecule has 2 fully saturated rings. The number of fused-ring (bicyclic) bond motifs is 2. The van der Waals surface area contributed by atoms with Crippen LogP contribution in [0.25, 0.3) is 0 Å². The van der Waals surface area contributed by atoms with E-state index in [0.29, 0.717) is 24.2 Å². The SMILES string of the molecule is CCCNC(Cc1ccncc1Cl)C1CC2CCC1O2. The van der Waals surface area contributed by atoms with Gasteiger partial charge in [0, 0.05) is 24.4 Å². The number of aromatic nitrogens is 1. The van der Waals surface area contributed by atoms with E-state index in [9.17, 15) is 0 Å². The molecule has 0 amide bonds. The minimum absolute atomic E-state index is 0.454.